The smallest absolute Gasteiger partial charge is 0.141 e. The maximum Gasteiger partial charge on any atom is 0.141 e. The second-order valence-electron chi connectivity index (χ2n) is 5.72. The molecule has 1 aromatic heterocycles. The van der Waals surface area contributed by atoms with Gasteiger partial charge >= 0.3 is 0 Å². The highest BCUT2D eigenvalue weighted by molar-refractivity contribution is 5.59. The van der Waals surface area contributed by atoms with Gasteiger partial charge in [-0.2, -0.15) is 0 Å². The molecule has 0 bridgehead atoms. The summed E-state index contributed by atoms with van der Waals surface area (Å²) in [5, 5.41) is 3.37. The van der Waals surface area contributed by atoms with Gasteiger partial charge in [0.1, 0.15) is 5.75 Å². The number of hydrogen-bond acceptors (Lipinski definition) is 4. The fourth-order valence-electron chi connectivity index (χ4n) is 1.92. The molecule has 0 aliphatic heterocycles. The minimum atomic E-state index is 0.106. The van der Waals surface area contributed by atoms with E-state index in [0.717, 1.165) is 17.1 Å². The number of aromatic nitrogens is 2. The zero-order valence-corrected chi connectivity index (χ0v) is 12.5. The van der Waals surface area contributed by atoms with E-state index in [1.807, 2.05) is 6.07 Å². The summed E-state index contributed by atoms with van der Waals surface area (Å²) in [5.74, 6) is 0.835. The standard InChI is InChI=1S/C16H21N3O/c1-16(2,3)12-5-6-15(20-4)14(9-12)19-11-13-10-17-7-8-18-13/h5-10,19H,11H2,1-4H3. The van der Waals surface area contributed by atoms with Crippen molar-refractivity contribution in [3.8, 4) is 5.75 Å². The lowest BCUT2D eigenvalue weighted by Gasteiger charge is -2.21. The topological polar surface area (TPSA) is 47.0 Å². The summed E-state index contributed by atoms with van der Waals surface area (Å²) < 4.78 is 5.40. The third kappa shape index (κ3) is 3.47. The van der Waals surface area contributed by atoms with E-state index in [-0.39, 0.29) is 5.41 Å². The minimum Gasteiger partial charge on any atom is -0.495 e. The number of benzene rings is 1. The van der Waals surface area contributed by atoms with Crippen molar-refractivity contribution >= 4 is 5.69 Å². The van der Waals surface area contributed by atoms with Gasteiger partial charge in [-0.3, -0.25) is 9.97 Å². The zero-order valence-electron chi connectivity index (χ0n) is 12.5. The van der Waals surface area contributed by atoms with E-state index >= 15 is 0 Å². The molecule has 0 aliphatic carbocycles. The van der Waals surface area contributed by atoms with Gasteiger partial charge in [-0.15, -0.1) is 0 Å². The molecule has 0 fully saturated rings. The van der Waals surface area contributed by atoms with E-state index in [9.17, 15) is 0 Å². The Morgan fingerprint density at radius 3 is 2.60 bits per heavy atom. The van der Waals surface area contributed by atoms with Crippen molar-refractivity contribution in [2.75, 3.05) is 12.4 Å². The normalized spacial score (nSPS) is 11.2. The molecule has 4 heteroatoms. The summed E-state index contributed by atoms with van der Waals surface area (Å²) in [4.78, 5) is 8.32. The van der Waals surface area contributed by atoms with Crippen molar-refractivity contribution in [2.24, 2.45) is 0 Å². The van der Waals surface area contributed by atoms with Crippen LogP contribution >= 0.6 is 0 Å². The molecule has 2 aromatic rings. The van der Waals surface area contributed by atoms with E-state index in [0.29, 0.717) is 6.54 Å². The molecule has 106 valence electrons. The molecular weight excluding hydrogens is 250 g/mol. The molecule has 0 saturated heterocycles. The van der Waals surface area contributed by atoms with Crippen LogP contribution in [-0.2, 0) is 12.0 Å². The van der Waals surface area contributed by atoms with Crippen LogP contribution in [0, 0.1) is 0 Å². The van der Waals surface area contributed by atoms with Crippen molar-refractivity contribution in [2.45, 2.75) is 32.7 Å². The Morgan fingerprint density at radius 2 is 2.00 bits per heavy atom. The van der Waals surface area contributed by atoms with Gasteiger partial charge in [-0.05, 0) is 23.1 Å². The van der Waals surface area contributed by atoms with E-state index < -0.39 is 0 Å². The Balaban J connectivity index is 2.21. The van der Waals surface area contributed by atoms with Gasteiger partial charge in [0.15, 0.2) is 0 Å². The number of nitrogens with one attached hydrogen (secondary N) is 1. The van der Waals surface area contributed by atoms with Crippen LogP contribution in [-0.4, -0.2) is 17.1 Å². The van der Waals surface area contributed by atoms with Gasteiger partial charge in [-0.1, -0.05) is 26.8 Å². The fraction of sp³-hybridized carbons (Fsp3) is 0.375. The van der Waals surface area contributed by atoms with Gasteiger partial charge in [-0.25, -0.2) is 0 Å². The molecule has 0 spiro atoms. The first-order valence-electron chi connectivity index (χ1n) is 6.68. The highest BCUT2D eigenvalue weighted by Gasteiger charge is 2.15. The van der Waals surface area contributed by atoms with Crippen LogP contribution in [0.25, 0.3) is 0 Å². The minimum absolute atomic E-state index is 0.106. The van der Waals surface area contributed by atoms with Crippen LogP contribution in [0.15, 0.2) is 36.8 Å². The van der Waals surface area contributed by atoms with Crippen molar-refractivity contribution in [3.63, 3.8) is 0 Å². The molecule has 20 heavy (non-hydrogen) atoms. The average Bonchev–Trinajstić information content (AvgIpc) is 2.45. The predicted molar refractivity (Wildman–Crippen MR) is 81.1 cm³/mol. The lowest BCUT2D eigenvalue weighted by molar-refractivity contribution is 0.416. The van der Waals surface area contributed by atoms with E-state index in [4.69, 9.17) is 4.74 Å². The molecule has 0 radical (unpaired) electrons. The van der Waals surface area contributed by atoms with Gasteiger partial charge in [0.05, 0.1) is 31.2 Å². The van der Waals surface area contributed by atoms with Crippen LogP contribution in [0.5, 0.6) is 5.75 Å². The van der Waals surface area contributed by atoms with E-state index in [2.05, 4.69) is 48.2 Å². The Kier molecular flexibility index (Phi) is 4.23. The maximum absolute atomic E-state index is 5.40. The van der Waals surface area contributed by atoms with Gasteiger partial charge in [0, 0.05) is 12.4 Å². The molecular formula is C16H21N3O. The summed E-state index contributed by atoms with van der Waals surface area (Å²) in [6.07, 6.45) is 5.12. The first kappa shape index (κ1) is 14.3. The number of methoxy groups -OCH3 is 1. The first-order valence-corrected chi connectivity index (χ1v) is 6.68. The molecule has 1 N–H and O–H groups in total. The molecule has 1 heterocycles. The van der Waals surface area contributed by atoms with Crippen molar-refractivity contribution in [1.82, 2.24) is 9.97 Å². The molecule has 2 rings (SSSR count). The van der Waals surface area contributed by atoms with Gasteiger partial charge in [0.25, 0.3) is 0 Å². The summed E-state index contributed by atoms with van der Waals surface area (Å²) in [6.45, 7) is 7.21. The van der Waals surface area contributed by atoms with Crippen LogP contribution < -0.4 is 10.1 Å². The highest BCUT2D eigenvalue weighted by atomic mass is 16.5. The quantitative estimate of drug-likeness (QED) is 0.926. The van der Waals surface area contributed by atoms with Gasteiger partial charge < -0.3 is 10.1 Å². The Morgan fingerprint density at radius 1 is 1.20 bits per heavy atom. The van der Waals surface area contributed by atoms with Crippen molar-refractivity contribution in [3.05, 3.63) is 48.0 Å². The van der Waals surface area contributed by atoms with Crippen LogP contribution in [0.2, 0.25) is 0 Å². The third-order valence-corrected chi connectivity index (χ3v) is 3.14. The Labute approximate surface area is 120 Å². The fourth-order valence-corrected chi connectivity index (χ4v) is 1.92. The number of nitrogens with zero attached hydrogens (tertiary/aromatic N) is 2. The van der Waals surface area contributed by atoms with Crippen molar-refractivity contribution < 1.29 is 4.74 Å². The second-order valence-corrected chi connectivity index (χ2v) is 5.72. The maximum atomic E-state index is 5.40. The molecule has 0 amide bonds. The second kappa shape index (κ2) is 5.90. The monoisotopic (exact) mass is 271 g/mol. The Hall–Kier alpha value is -2.10. The summed E-state index contributed by atoms with van der Waals surface area (Å²) in [6, 6.07) is 6.24. The molecule has 0 aliphatic rings. The molecule has 0 unspecified atom stereocenters. The molecule has 4 nitrogen and oxygen atoms in total. The van der Waals surface area contributed by atoms with Crippen LogP contribution in [0.3, 0.4) is 0 Å². The van der Waals surface area contributed by atoms with Crippen LogP contribution in [0.4, 0.5) is 5.69 Å². The van der Waals surface area contributed by atoms with E-state index in [1.54, 1.807) is 25.7 Å². The van der Waals surface area contributed by atoms with Gasteiger partial charge in [0.2, 0.25) is 0 Å². The highest BCUT2D eigenvalue weighted by Crippen LogP contribution is 2.31. The van der Waals surface area contributed by atoms with Crippen LogP contribution in [0.1, 0.15) is 32.0 Å². The SMILES string of the molecule is COc1ccc(C(C)(C)C)cc1NCc1cnccn1. The summed E-state index contributed by atoms with van der Waals surface area (Å²) in [7, 11) is 1.68. The first-order chi connectivity index (χ1) is 9.50. The number of rotatable bonds is 4. The lowest BCUT2D eigenvalue weighted by Crippen LogP contribution is -2.12. The van der Waals surface area contributed by atoms with E-state index in [1.165, 1.54) is 5.56 Å². The third-order valence-electron chi connectivity index (χ3n) is 3.14. The molecule has 1 aromatic carbocycles. The lowest BCUT2D eigenvalue weighted by atomic mass is 9.87. The largest absolute Gasteiger partial charge is 0.495 e. The van der Waals surface area contributed by atoms with Crippen molar-refractivity contribution in [1.29, 1.82) is 0 Å². The number of ether oxygens (including phenoxy) is 1. The average molecular weight is 271 g/mol. The number of anilines is 1. The zero-order chi connectivity index (χ0) is 14.6. The summed E-state index contributed by atoms with van der Waals surface area (Å²) >= 11 is 0. The number of hydrogen-bond donors (Lipinski definition) is 1. The molecule has 0 saturated carbocycles. The Bertz CT molecular complexity index is 562. The predicted octanol–water partition coefficient (Wildman–Crippen LogP) is 3.39. The molecule has 0 atom stereocenters. The summed E-state index contributed by atoms with van der Waals surface area (Å²) in [5.41, 5.74) is 3.25.